The molecule has 1 aromatic heterocycles. The number of hydrogen-bond donors (Lipinski definition) is 0. The van der Waals surface area contributed by atoms with Crippen molar-refractivity contribution in [2.24, 2.45) is 0 Å². The summed E-state index contributed by atoms with van der Waals surface area (Å²) < 4.78 is 0. The summed E-state index contributed by atoms with van der Waals surface area (Å²) in [6.45, 7) is 0. The number of hydrogen-bond acceptors (Lipinski definition) is 1. The lowest BCUT2D eigenvalue weighted by Crippen LogP contribution is -1.89. The van der Waals surface area contributed by atoms with Gasteiger partial charge in [0.25, 0.3) is 0 Å². The molecule has 0 unspecified atom stereocenters. The van der Waals surface area contributed by atoms with Gasteiger partial charge >= 0.3 is 0 Å². The van der Waals surface area contributed by atoms with Crippen molar-refractivity contribution >= 4 is 35.5 Å². The largest absolute Gasteiger partial charge is 0.248 e. The molecule has 0 atom stereocenters. The Morgan fingerprint density at radius 2 is 1.78 bits per heavy atom. The van der Waals surface area contributed by atoms with Gasteiger partial charge in [0.05, 0.1) is 11.2 Å². The molecule has 2 aliphatic rings. The molecule has 0 aliphatic heterocycles. The summed E-state index contributed by atoms with van der Waals surface area (Å²) in [5.41, 5.74) is 6.33. The van der Waals surface area contributed by atoms with Gasteiger partial charge in [0.15, 0.2) is 0 Å². The van der Waals surface area contributed by atoms with Gasteiger partial charge in [-0.25, -0.2) is 4.98 Å². The summed E-state index contributed by atoms with van der Waals surface area (Å²) >= 11 is 0. The van der Waals surface area contributed by atoms with Crippen LogP contribution < -0.4 is 0 Å². The Balaban J connectivity index is 0.000001000. The van der Waals surface area contributed by atoms with E-state index in [-0.39, 0.29) is 12.4 Å². The summed E-state index contributed by atoms with van der Waals surface area (Å²) in [6.07, 6.45) is 13.5. The maximum absolute atomic E-state index is 4.74. The Hall–Kier alpha value is -1.86. The topological polar surface area (TPSA) is 12.9 Å². The molecule has 0 amide bonds. The molecule has 0 spiro atoms. The molecule has 2 aromatic rings. The first-order valence-corrected chi connectivity index (χ1v) is 5.89. The normalized spacial score (nSPS) is 19.8. The quantitative estimate of drug-likeness (QED) is 0.586. The number of fused-ring (bicyclic) bond motifs is 4. The van der Waals surface area contributed by atoms with Crippen molar-refractivity contribution in [2.45, 2.75) is 6.42 Å². The Labute approximate surface area is 112 Å². The summed E-state index contributed by atoms with van der Waals surface area (Å²) in [4.78, 5) is 4.74. The highest BCUT2D eigenvalue weighted by Crippen LogP contribution is 2.35. The van der Waals surface area contributed by atoms with Gasteiger partial charge in [-0.15, -0.1) is 12.4 Å². The van der Waals surface area contributed by atoms with Gasteiger partial charge in [-0.2, -0.15) is 0 Å². The van der Waals surface area contributed by atoms with Crippen LogP contribution in [0, 0.1) is 0 Å². The molecule has 88 valence electrons. The Kier molecular flexibility index (Phi) is 2.57. The highest BCUT2D eigenvalue weighted by Gasteiger charge is 2.20. The van der Waals surface area contributed by atoms with E-state index in [4.69, 9.17) is 4.98 Å². The molecule has 2 aliphatic carbocycles. The van der Waals surface area contributed by atoms with Gasteiger partial charge in [-0.05, 0) is 35.8 Å². The first kappa shape index (κ1) is 11.2. The van der Waals surface area contributed by atoms with E-state index >= 15 is 0 Å². The minimum absolute atomic E-state index is 0. The van der Waals surface area contributed by atoms with Crippen molar-refractivity contribution in [3.8, 4) is 0 Å². The van der Waals surface area contributed by atoms with Crippen molar-refractivity contribution in [3.05, 3.63) is 64.9 Å². The van der Waals surface area contributed by atoms with Crippen LogP contribution in [0.3, 0.4) is 0 Å². The fourth-order valence-corrected chi connectivity index (χ4v) is 2.38. The Bertz CT molecular complexity index is 723. The summed E-state index contributed by atoms with van der Waals surface area (Å²) in [7, 11) is 0. The zero-order valence-electron chi connectivity index (χ0n) is 9.76. The zero-order valence-corrected chi connectivity index (χ0v) is 10.6. The summed E-state index contributed by atoms with van der Waals surface area (Å²) in [5.74, 6) is 0. The molecule has 1 nitrogen and oxygen atoms in total. The SMILES string of the molecule is C1=C\C=C/c2nc3ccc4c(c3cc2\C=C/1)C4.Cl. The standard InChI is InChI=1S/C16H11N.ClH/c1-2-4-6-15-12(5-3-1)10-14-13-9-11(13)7-8-16(14)17-15;/h1-8,10H,9H2;1H/b2-1-,3-1?,4-2?,5-3-,6-4-,12-5?,15-6?;. The van der Waals surface area contributed by atoms with E-state index in [2.05, 4.69) is 36.4 Å². The number of halogens is 1. The fraction of sp³-hybridized carbons (Fsp3) is 0.0625. The fourth-order valence-electron chi connectivity index (χ4n) is 2.38. The second kappa shape index (κ2) is 4.11. The molecule has 0 saturated heterocycles. The van der Waals surface area contributed by atoms with E-state index in [1.807, 2.05) is 18.2 Å². The van der Waals surface area contributed by atoms with Crippen LogP contribution >= 0.6 is 12.4 Å². The number of rotatable bonds is 0. The molecule has 1 heterocycles. The second-order valence-corrected chi connectivity index (χ2v) is 4.51. The highest BCUT2D eigenvalue weighted by atomic mass is 35.5. The third-order valence-electron chi connectivity index (χ3n) is 3.37. The first-order chi connectivity index (χ1) is 8.42. The van der Waals surface area contributed by atoms with Crippen LogP contribution in [0.4, 0.5) is 0 Å². The number of aromatic nitrogens is 1. The molecule has 1 aromatic carbocycles. The van der Waals surface area contributed by atoms with E-state index in [0.29, 0.717) is 0 Å². The molecular formula is C16H12ClN. The lowest BCUT2D eigenvalue weighted by atomic mass is 10.1. The van der Waals surface area contributed by atoms with Gasteiger partial charge in [0.1, 0.15) is 0 Å². The third-order valence-corrected chi connectivity index (χ3v) is 3.37. The van der Waals surface area contributed by atoms with Crippen LogP contribution in [0.25, 0.3) is 23.1 Å². The van der Waals surface area contributed by atoms with Gasteiger partial charge in [-0.1, -0.05) is 36.4 Å². The average Bonchev–Trinajstić information content (AvgIpc) is 3.08. The molecule has 0 fully saturated rings. The van der Waals surface area contributed by atoms with Crippen molar-refractivity contribution in [3.63, 3.8) is 0 Å². The minimum atomic E-state index is 0. The molecule has 0 saturated carbocycles. The molecule has 4 rings (SSSR count). The summed E-state index contributed by atoms with van der Waals surface area (Å²) in [5, 5.41) is 1.32. The van der Waals surface area contributed by atoms with Crippen LogP contribution in [0.1, 0.15) is 22.4 Å². The van der Waals surface area contributed by atoms with Crippen LogP contribution in [-0.2, 0) is 6.42 Å². The monoisotopic (exact) mass is 253 g/mol. The van der Waals surface area contributed by atoms with Crippen molar-refractivity contribution in [2.75, 3.05) is 0 Å². The van der Waals surface area contributed by atoms with Crippen LogP contribution in [0.15, 0.2) is 42.5 Å². The maximum Gasteiger partial charge on any atom is 0.0712 e. The Morgan fingerprint density at radius 1 is 0.944 bits per heavy atom. The lowest BCUT2D eigenvalue weighted by molar-refractivity contribution is 1.35. The number of allylic oxidation sites excluding steroid dienone is 4. The zero-order chi connectivity index (χ0) is 11.2. The van der Waals surface area contributed by atoms with Crippen LogP contribution in [0.2, 0.25) is 0 Å². The number of nitrogens with zero attached hydrogens (tertiary/aromatic N) is 1. The first-order valence-electron chi connectivity index (χ1n) is 5.89. The second-order valence-electron chi connectivity index (χ2n) is 4.51. The molecular weight excluding hydrogens is 242 g/mol. The predicted molar refractivity (Wildman–Crippen MR) is 79.0 cm³/mol. The van der Waals surface area contributed by atoms with Crippen molar-refractivity contribution < 1.29 is 0 Å². The van der Waals surface area contributed by atoms with Gasteiger partial charge < -0.3 is 0 Å². The van der Waals surface area contributed by atoms with E-state index in [1.165, 1.54) is 22.1 Å². The highest BCUT2D eigenvalue weighted by molar-refractivity contribution is 5.91. The number of benzene rings is 1. The molecule has 0 N–H and O–H groups in total. The van der Waals surface area contributed by atoms with E-state index < -0.39 is 0 Å². The van der Waals surface area contributed by atoms with Crippen LogP contribution in [0.5, 0.6) is 0 Å². The van der Waals surface area contributed by atoms with Gasteiger partial charge in [0, 0.05) is 10.9 Å². The Morgan fingerprint density at radius 3 is 2.67 bits per heavy atom. The van der Waals surface area contributed by atoms with Crippen molar-refractivity contribution in [1.29, 1.82) is 0 Å². The maximum atomic E-state index is 4.74. The molecule has 18 heavy (non-hydrogen) atoms. The van der Waals surface area contributed by atoms with Gasteiger partial charge in [0.2, 0.25) is 0 Å². The van der Waals surface area contributed by atoms with Gasteiger partial charge in [-0.3, -0.25) is 0 Å². The molecule has 2 heteroatoms. The van der Waals surface area contributed by atoms with Crippen molar-refractivity contribution in [1.82, 2.24) is 4.98 Å². The summed E-state index contributed by atoms with van der Waals surface area (Å²) in [6, 6.07) is 6.59. The third kappa shape index (κ3) is 1.68. The molecule has 0 bridgehead atoms. The van der Waals surface area contributed by atoms with Crippen LogP contribution in [-0.4, -0.2) is 4.98 Å². The minimum Gasteiger partial charge on any atom is -0.248 e. The van der Waals surface area contributed by atoms with E-state index in [1.54, 1.807) is 0 Å². The predicted octanol–water partition coefficient (Wildman–Crippen LogP) is 4.16. The number of pyridine rings is 1. The average molecular weight is 254 g/mol. The van der Waals surface area contributed by atoms with E-state index in [9.17, 15) is 0 Å². The van der Waals surface area contributed by atoms with E-state index in [0.717, 1.165) is 17.6 Å². The smallest absolute Gasteiger partial charge is 0.0712 e. The molecule has 0 radical (unpaired) electrons. The lowest BCUT2D eigenvalue weighted by Gasteiger charge is -2.04.